The third kappa shape index (κ3) is 3.68. The molecule has 0 bridgehead atoms. The van der Waals surface area contributed by atoms with Gasteiger partial charge in [-0.1, -0.05) is 6.07 Å². The first-order valence-corrected chi connectivity index (χ1v) is 5.92. The van der Waals surface area contributed by atoms with Gasteiger partial charge < -0.3 is 5.73 Å². The van der Waals surface area contributed by atoms with Gasteiger partial charge in [-0.25, -0.2) is 4.98 Å². The van der Waals surface area contributed by atoms with Crippen molar-refractivity contribution in [2.24, 2.45) is 0 Å². The predicted molar refractivity (Wildman–Crippen MR) is 60.0 cm³/mol. The number of pyridine rings is 1. The zero-order valence-electron chi connectivity index (χ0n) is 7.99. The second-order valence-electron chi connectivity index (χ2n) is 3.00. The van der Waals surface area contributed by atoms with Gasteiger partial charge in [0.15, 0.2) is 0 Å². The van der Waals surface area contributed by atoms with Crippen molar-refractivity contribution in [2.45, 2.75) is 19.3 Å². The molecule has 1 rings (SSSR count). The second-order valence-corrected chi connectivity index (χ2v) is 3.98. The standard InChI is InChI=1S/C10H16N2S/c1-13-8-3-2-5-9-6-4-7-12-10(9)11/h4,6-7H,2-3,5,8H2,1H3,(H2,11,12). The number of anilines is 1. The maximum absolute atomic E-state index is 5.72. The maximum Gasteiger partial charge on any atom is 0.126 e. The SMILES string of the molecule is CSCCCCc1cccnc1N. The maximum atomic E-state index is 5.72. The first kappa shape index (κ1) is 10.4. The second kappa shape index (κ2) is 5.86. The van der Waals surface area contributed by atoms with E-state index in [9.17, 15) is 0 Å². The number of unbranched alkanes of at least 4 members (excludes halogenated alkanes) is 1. The lowest BCUT2D eigenvalue weighted by atomic mass is 10.1. The number of nitrogen functional groups attached to an aromatic ring is 1. The summed E-state index contributed by atoms with van der Waals surface area (Å²) >= 11 is 1.89. The number of hydrogen-bond donors (Lipinski definition) is 1. The minimum absolute atomic E-state index is 0.687. The number of aromatic nitrogens is 1. The summed E-state index contributed by atoms with van der Waals surface area (Å²) in [6.07, 6.45) is 7.39. The topological polar surface area (TPSA) is 38.9 Å². The van der Waals surface area contributed by atoms with Gasteiger partial charge in [-0.15, -0.1) is 0 Å². The molecule has 1 heterocycles. The van der Waals surface area contributed by atoms with Crippen LogP contribution in [0.2, 0.25) is 0 Å². The molecule has 3 heteroatoms. The quantitative estimate of drug-likeness (QED) is 0.735. The lowest BCUT2D eigenvalue weighted by Crippen LogP contribution is -1.97. The van der Waals surface area contributed by atoms with Crippen LogP contribution in [0, 0.1) is 0 Å². The largest absolute Gasteiger partial charge is 0.383 e. The van der Waals surface area contributed by atoms with Crippen LogP contribution in [0.15, 0.2) is 18.3 Å². The van der Waals surface area contributed by atoms with Gasteiger partial charge >= 0.3 is 0 Å². The van der Waals surface area contributed by atoms with Crippen LogP contribution in [-0.4, -0.2) is 17.0 Å². The third-order valence-corrected chi connectivity index (χ3v) is 2.67. The molecule has 2 nitrogen and oxygen atoms in total. The van der Waals surface area contributed by atoms with E-state index >= 15 is 0 Å². The van der Waals surface area contributed by atoms with Crippen molar-refractivity contribution in [1.29, 1.82) is 0 Å². The highest BCUT2D eigenvalue weighted by atomic mass is 32.2. The number of thioether (sulfide) groups is 1. The number of nitrogens with two attached hydrogens (primary N) is 1. The number of nitrogens with zero attached hydrogens (tertiary/aromatic N) is 1. The molecular weight excluding hydrogens is 180 g/mol. The fourth-order valence-electron chi connectivity index (χ4n) is 1.22. The summed E-state index contributed by atoms with van der Waals surface area (Å²) in [4.78, 5) is 4.05. The average molecular weight is 196 g/mol. The smallest absolute Gasteiger partial charge is 0.126 e. The molecule has 0 atom stereocenters. The number of aryl methyl sites for hydroxylation is 1. The fraction of sp³-hybridized carbons (Fsp3) is 0.500. The van der Waals surface area contributed by atoms with E-state index < -0.39 is 0 Å². The predicted octanol–water partition coefficient (Wildman–Crippen LogP) is 2.35. The Balaban J connectivity index is 2.32. The molecule has 0 fully saturated rings. The van der Waals surface area contributed by atoms with Crippen LogP contribution >= 0.6 is 11.8 Å². The summed E-state index contributed by atoms with van der Waals surface area (Å²) in [5.41, 5.74) is 6.90. The van der Waals surface area contributed by atoms with Crippen molar-refractivity contribution in [3.63, 3.8) is 0 Å². The molecule has 0 spiro atoms. The van der Waals surface area contributed by atoms with Gasteiger partial charge in [-0.2, -0.15) is 11.8 Å². The van der Waals surface area contributed by atoms with Crippen molar-refractivity contribution in [3.05, 3.63) is 23.9 Å². The molecule has 0 amide bonds. The Morgan fingerprint density at radius 2 is 2.31 bits per heavy atom. The van der Waals surface area contributed by atoms with E-state index in [2.05, 4.69) is 17.3 Å². The van der Waals surface area contributed by atoms with E-state index in [4.69, 9.17) is 5.73 Å². The van der Waals surface area contributed by atoms with Crippen LogP contribution in [-0.2, 0) is 6.42 Å². The Morgan fingerprint density at radius 3 is 3.00 bits per heavy atom. The van der Waals surface area contributed by atoms with Crippen LogP contribution in [0.3, 0.4) is 0 Å². The van der Waals surface area contributed by atoms with Crippen molar-refractivity contribution in [3.8, 4) is 0 Å². The van der Waals surface area contributed by atoms with Crippen molar-refractivity contribution < 1.29 is 0 Å². The zero-order chi connectivity index (χ0) is 9.52. The molecule has 0 aliphatic heterocycles. The first-order chi connectivity index (χ1) is 6.34. The van der Waals surface area contributed by atoms with Crippen LogP contribution in [0.4, 0.5) is 5.82 Å². The molecule has 0 aromatic carbocycles. The van der Waals surface area contributed by atoms with Crippen molar-refractivity contribution in [1.82, 2.24) is 4.98 Å². The average Bonchev–Trinajstić information content (AvgIpc) is 2.15. The molecular formula is C10H16N2S. The van der Waals surface area contributed by atoms with E-state index in [0.29, 0.717) is 5.82 Å². The molecule has 0 aliphatic carbocycles. The Labute approximate surface area is 83.9 Å². The Kier molecular flexibility index (Phi) is 4.68. The van der Waals surface area contributed by atoms with Crippen LogP contribution in [0.5, 0.6) is 0 Å². The van der Waals surface area contributed by atoms with Gasteiger partial charge in [0.25, 0.3) is 0 Å². The van der Waals surface area contributed by atoms with Gasteiger partial charge in [-0.3, -0.25) is 0 Å². The van der Waals surface area contributed by atoms with E-state index in [1.165, 1.54) is 24.2 Å². The summed E-state index contributed by atoms with van der Waals surface area (Å²) in [5.74, 6) is 1.92. The van der Waals surface area contributed by atoms with Crippen molar-refractivity contribution >= 4 is 17.6 Å². The highest BCUT2D eigenvalue weighted by molar-refractivity contribution is 7.98. The zero-order valence-corrected chi connectivity index (χ0v) is 8.81. The molecule has 1 aromatic heterocycles. The third-order valence-electron chi connectivity index (χ3n) is 1.97. The van der Waals surface area contributed by atoms with Gasteiger partial charge in [-0.05, 0) is 42.9 Å². The van der Waals surface area contributed by atoms with E-state index in [1.807, 2.05) is 17.8 Å². The molecule has 0 radical (unpaired) electrons. The Morgan fingerprint density at radius 1 is 1.46 bits per heavy atom. The fourth-order valence-corrected chi connectivity index (χ4v) is 1.72. The lowest BCUT2D eigenvalue weighted by Gasteiger charge is -2.02. The number of rotatable bonds is 5. The molecule has 0 saturated carbocycles. The first-order valence-electron chi connectivity index (χ1n) is 4.53. The summed E-state index contributed by atoms with van der Waals surface area (Å²) in [6, 6.07) is 4.00. The summed E-state index contributed by atoms with van der Waals surface area (Å²) < 4.78 is 0. The Hall–Kier alpha value is -0.700. The Bertz CT molecular complexity index is 250. The molecule has 0 aliphatic rings. The van der Waals surface area contributed by atoms with Gasteiger partial charge in [0.2, 0.25) is 0 Å². The van der Waals surface area contributed by atoms with Crippen LogP contribution in [0.25, 0.3) is 0 Å². The van der Waals surface area contributed by atoms with Gasteiger partial charge in [0, 0.05) is 6.20 Å². The minimum Gasteiger partial charge on any atom is -0.383 e. The highest BCUT2D eigenvalue weighted by Gasteiger charge is 1.97. The molecule has 1 aromatic rings. The summed E-state index contributed by atoms with van der Waals surface area (Å²) in [7, 11) is 0. The van der Waals surface area contributed by atoms with Crippen LogP contribution in [0.1, 0.15) is 18.4 Å². The summed E-state index contributed by atoms with van der Waals surface area (Å²) in [5, 5.41) is 0. The van der Waals surface area contributed by atoms with E-state index in [1.54, 1.807) is 6.20 Å². The highest BCUT2D eigenvalue weighted by Crippen LogP contribution is 2.11. The molecule has 2 N–H and O–H groups in total. The minimum atomic E-state index is 0.687. The van der Waals surface area contributed by atoms with E-state index in [0.717, 1.165) is 6.42 Å². The molecule has 13 heavy (non-hydrogen) atoms. The molecule has 0 saturated heterocycles. The van der Waals surface area contributed by atoms with Gasteiger partial charge in [0.05, 0.1) is 0 Å². The van der Waals surface area contributed by atoms with Crippen LogP contribution < -0.4 is 5.73 Å². The number of hydrogen-bond acceptors (Lipinski definition) is 3. The lowest BCUT2D eigenvalue weighted by molar-refractivity contribution is 0.802. The summed E-state index contributed by atoms with van der Waals surface area (Å²) in [6.45, 7) is 0. The normalized spacial score (nSPS) is 10.2. The van der Waals surface area contributed by atoms with Gasteiger partial charge in [0.1, 0.15) is 5.82 Å². The molecule has 0 unspecified atom stereocenters. The monoisotopic (exact) mass is 196 g/mol. The molecule has 72 valence electrons. The van der Waals surface area contributed by atoms with Crippen molar-refractivity contribution in [2.75, 3.05) is 17.7 Å². The van der Waals surface area contributed by atoms with E-state index in [-0.39, 0.29) is 0 Å².